The lowest BCUT2D eigenvalue weighted by Gasteiger charge is -2.22. The fourth-order valence-electron chi connectivity index (χ4n) is 3.58. The lowest BCUT2D eigenvalue weighted by atomic mass is 10.2. The molecular formula is C23H29N3O3. The van der Waals surface area contributed by atoms with E-state index in [1.807, 2.05) is 48.5 Å². The Morgan fingerprint density at radius 3 is 2.41 bits per heavy atom. The van der Waals surface area contributed by atoms with Crippen molar-refractivity contribution in [3.63, 3.8) is 0 Å². The number of benzene rings is 2. The van der Waals surface area contributed by atoms with E-state index in [-0.39, 0.29) is 18.2 Å². The Morgan fingerprint density at radius 2 is 1.76 bits per heavy atom. The van der Waals surface area contributed by atoms with Crippen molar-refractivity contribution >= 4 is 23.2 Å². The summed E-state index contributed by atoms with van der Waals surface area (Å²) in [6, 6.07) is 15.6. The molecule has 1 fully saturated rings. The minimum Gasteiger partial charge on any atom is -0.496 e. The van der Waals surface area contributed by atoms with Crippen molar-refractivity contribution in [2.75, 3.05) is 37.0 Å². The van der Waals surface area contributed by atoms with Crippen LogP contribution in [0, 0.1) is 0 Å². The maximum absolute atomic E-state index is 12.4. The molecule has 2 aromatic carbocycles. The van der Waals surface area contributed by atoms with Crippen molar-refractivity contribution in [1.29, 1.82) is 0 Å². The largest absolute Gasteiger partial charge is 0.496 e. The normalized spacial score (nSPS) is 13.2. The van der Waals surface area contributed by atoms with E-state index in [4.69, 9.17) is 4.74 Å². The highest BCUT2D eigenvalue weighted by molar-refractivity contribution is 5.91. The van der Waals surface area contributed by atoms with Gasteiger partial charge in [-0.1, -0.05) is 18.2 Å². The number of carbonyl (C=O) groups is 2. The summed E-state index contributed by atoms with van der Waals surface area (Å²) in [4.78, 5) is 28.4. The van der Waals surface area contributed by atoms with Gasteiger partial charge >= 0.3 is 0 Å². The molecule has 0 unspecified atom stereocenters. The molecule has 1 aliphatic rings. The molecule has 3 rings (SSSR count). The van der Waals surface area contributed by atoms with Crippen LogP contribution >= 0.6 is 0 Å². The number of hydrogen-bond donors (Lipinski definition) is 1. The van der Waals surface area contributed by atoms with Crippen LogP contribution in [0.25, 0.3) is 0 Å². The first-order chi connectivity index (χ1) is 14.1. The van der Waals surface area contributed by atoms with Gasteiger partial charge in [-0.2, -0.15) is 0 Å². The molecule has 1 saturated heterocycles. The summed E-state index contributed by atoms with van der Waals surface area (Å²) in [5, 5.41) is 2.92. The van der Waals surface area contributed by atoms with E-state index < -0.39 is 0 Å². The first-order valence-electron chi connectivity index (χ1n) is 10.1. The molecule has 29 heavy (non-hydrogen) atoms. The first-order valence-corrected chi connectivity index (χ1v) is 10.1. The van der Waals surface area contributed by atoms with Crippen molar-refractivity contribution in [2.24, 2.45) is 0 Å². The van der Waals surface area contributed by atoms with E-state index in [0.29, 0.717) is 13.1 Å². The highest BCUT2D eigenvalue weighted by atomic mass is 16.5. The number of rotatable bonds is 8. The number of amides is 2. The zero-order valence-corrected chi connectivity index (χ0v) is 17.2. The molecule has 6 heteroatoms. The molecule has 0 aliphatic carbocycles. The van der Waals surface area contributed by atoms with E-state index in [1.165, 1.54) is 25.5 Å². The predicted molar refractivity (Wildman–Crippen MR) is 115 cm³/mol. The van der Waals surface area contributed by atoms with Crippen LogP contribution in [0.3, 0.4) is 0 Å². The van der Waals surface area contributed by atoms with Gasteiger partial charge in [-0.15, -0.1) is 0 Å². The van der Waals surface area contributed by atoms with Crippen LogP contribution in [-0.4, -0.2) is 43.5 Å². The highest BCUT2D eigenvalue weighted by Gasteiger charge is 2.15. The van der Waals surface area contributed by atoms with Crippen LogP contribution in [0.2, 0.25) is 0 Å². The van der Waals surface area contributed by atoms with Crippen LogP contribution < -0.4 is 15.0 Å². The Labute approximate surface area is 172 Å². The van der Waals surface area contributed by atoms with Gasteiger partial charge in [0.2, 0.25) is 11.8 Å². The van der Waals surface area contributed by atoms with Crippen molar-refractivity contribution in [2.45, 2.75) is 32.7 Å². The molecule has 2 aromatic rings. The van der Waals surface area contributed by atoms with E-state index in [0.717, 1.165) is 30.1 Å². The fraction of sp³-hybridized carbons (Fsp3) is 0.391. The molecule has 154 valence electrons. The maximum atomic E-state index is 12.4. The third kappa shape index (κ3) is 5.73. The van der Waals surface area contributed by atoms with Crippen molar-refractivity contribution in [1.82, 2.24) is 4.90 Å². The number of methoxy groups -OCH3 is 1. The molecule has 0 aromatic heterocycles. The maximum Gasteiger partial charge on any atom is 0.226 e. The van der Waals surface area contributed by atoms with Gasteiger partial charge in [-0.05, 0) is 43.2 Å². The second kappa shape index (κ2) is 9.96. The van der Waals surface area contributed by atoms with Crippen molar-refractivity contribution in [3.05, 3.63) is 54.1 Å². The minimum absolute atomic E-state index is 0.0707. The third-order valence-corrected chi connectivity index (χ3v) is 5.23. The lowest BCUT2D eigenvalue weighted by molar-refractivity contribution is -0.129. The number of nitrogens with one attached hydrogen (secondary N) is 1. The molecular weight excluding hydrogens is 366 g/mol. The number of ether oxygens (including phenoxy) is 1. The van der Waals surface area contributed by atoms with Gasteiger partial charge in [-0.25, -0.2) is 0 Å². The number of hydrogen-bond acceptors (Lipinski definition) is 4. The van der Waals surface area contributed by atoms with Gasteiger partial charge in [0.15, 0.2) is 0 Å². The molecule has 1 heterocycles. The third-order valence-electron chi connectivity index (χ3n) is 5.23. The van der Waals surface area contributed by atoms with Crippen LogP contribution in [0.15, 0.2) is 48.5 Å². The number of para-hydroxylation sites is 1. The van der Waals surface area contributed by atoms with Crippen molar-refractivity contribution < 1.29 is 14.3 Å². The molecule has 1 aliphatic heterocycles. The van der Waals surface area contributed by atoms with E-state index >= 15 is 0 Å². The Hall–Kier alpha value is -3.02. The smallest absolute Gasteiger partial charge is 0.226 e. The average Bonchev–Trinajstić information content (AvgIpc) is 3.26. The summed E-state index contributed by atoms with van der Waals surface area (Å²) >= 11 is 0. The summed E-state index contributed by atoms with van der Waals surface area (Å²) in [6.07, 6.45) is 2.71. The van der Waals surface area contributed by atoms with Gasteiger partial charge in [0.1, 0.15) is 5.75 Å². The van der Waals surface area contributed by atoms with Gasteiger partial charge in [-0.3, -0.25) is 9.59 Å². The average molecular weight is 396 g/mol. The predicted octanol–water partition coefficient (Wildman–Crippen LogP) is 3.67. The molecule has 0 atom stereocenters. The van der Waals surface area contributed by atoms with Gasteiger partial charge < -0.3 is 19.9 Å². The first kappa shape index (κ1) is 20.7. The zero-order valence-electron chi connectivity index (χ0n) is 17.2. The Morgan fingerprint density at radius 1 is 1.07 bits per heavy atom. The van der Waals surface area contributed by atoms with Gasteiger partial charge in [0, 0.05) is 56.5 Å². The second-order valence-corrected chi connectivity index (χ2v) is 7.29. The molecule has 6 nitrogen and oxygen atoms in total. The molecule has 1 N–H and O–H groups in total. The monoisotopic (exact) mass is 395 g/mol. The van der Waals surface area contributed by atoms with Crippen LogP contribution in [0.1, 0.15) is 31.7 Å². The topological polar surface area (TPSA) is 61.9 Å². The molecule has 0 bridgehead atoms. The quantitative estimate of drug-likeness (QED) is 0.741. The standard InChI is InChI=1S/C23H29N3O3/c1-18(27)26(17-19-7-3-4-8-22(19)29-2)16-13-23(28)24-20-9-11-21(12-10-20)25-14-5-6-15-25/h3-4,7-12H,5-6,13-17H2,1-2H3,(H,24,28). The zero-order chi connectivity index (χ0) is 20.6. The summed E-state index contributed by atoms with van der Waals surface area (Å²) in [6.45, 7) is 4.48. The van der Waals surface area contributed by atoms with Gasteiger partial charge in [0.25, 0.3) is 0 Å². The molecule has 2 amide bonds. The number of anilines is 2. The van der Waals surface area contributed by atoms with Gasteiger partial charge in [0.05, 0.1) is 7.11 Å². The Balaban J connectivity index is 1.53. The van der Waals surface area contributed by atoms with Crippen LogP contribution in [0.4, 0.5) is 11.4 Å². The van der Waals surface area contributed by atoms with E-state index in [1.54, 1.807) is 12.0 Å². The number of carbonyl (C=O) groups excluding carboxylic acids is 2. The molecule has 0 radical (unpaired) electrons. The molecule has 0 spiro atoms. The Bertz CT molecular complexity index is 830. The van der Waals surface area contributed by atoms with Crippen molar-refractivity contribution in [3.8, 4) is 5.75 Å². The summed E-state index contributed by atoms with van der Waals surface area (Å²) in [7, 11) is 1.61. The van der Waals surface area contributed by atoms with Crippen LogP contribution in [0.5, 0.6) is 5.75 Å². The lowest BCUT2D eigenvalue weighted by Crippen LogP contribution is -2.31. The fourth-order valence-corrected chi connectivity index (χ4v) is 3.58. The van der Waals surface area contributed by atoms with E-state index in [2.05, 4.69) is 10.2 Å². The molecule has 0 saturated carbocycles. The Kier molecular flexibility index (Phi) is 7.11. The van der Waals surface area contributed by atoms with E-state index in [9.17, 15) is 9.59 Å². The SMILES string of the molecule is COc1ccccc1CN(CCC(=O)Nc1ccc(N2CCCC2)cc1)C(C)=O. The summed E-state index contributed by atoms with van der Waals surface area (Å²) in [5.41, 5.74) is 2.89. The van der Waals surface area contributed by atoms with Crippen LogP contribution in [-0.2, 0) is 16.1 Å². The summed E-state index contributed by atoms with van der Waals surface area (Å²) < 4.78 is 5.36. The highest BCUT2D eigenvalue weighted by Crippen LogP contribution is 2.22. The summed E-state index contributed by atoms with van der Waals surface area (Å²) in [5.74, 6) is 0.560. The second-order valence-electron chi connectivity index (χ2n) is 7.29. The minimum atomic E-state index is -0.106. The number of nitrogens with zero attached hydrogens (tertiary/aromatic N) is 2.